The molecule has 0 bridgehead atoms. The lowest BCUT2D eigenvalue weighted by atomic mass is 9.98. The minimum Gasteiger partial charge on any atom is -0.439 e. The molecule has 0 radical (unpaired) electrons. The normalized spacial score (nSPS) is 10.6. The van der Waals surface area contributed by atoms with E-state index in [2.05, 4.69) is 10.3 Å². The molecule has 0 amide bonds. The highest BCUT2D eigenvalue weighted by atomic mass is 16.5. The van der Waals surface area contributed by atoms with E-state index in [9.17, 15) is 14.4 Å². The summed E-state index contributed by atoms with van der Waals surface area (Å²) in [6.07, 6.45) is 0. The molecule has 0 saturated heterocycles. The first-order valence-electron chi connectivity index (χ1n) is 8.83. The summed E-state index contributed by atoms with van der Waals surface area (Å²) in [6, 6.07) is 21.8. The van der Waals surface area contributed by atoms with Gasteiger partial charge in [-0.2, -0.15) is 4.68 Å². The zero-order chi connectivity index (χ0) is 20.2. The number of carbonyl (C=O) groups excluding carboxylic acids is 2. The van der Waals surface area contributed by atoms with Crippen molar-refractivity contribution in [3.05, 3.63) is 106 Å². The molecular weight excluding hydrogens is 370 g/mol. The molecule has 0 spiro atoms. The first kappa shape index (κ1) is 18.2. The molecule has 142 valence electrons. The van der Waals surface area contributed by atoms with Gasteiger partial charge in [0.25, 0.3) is 5.56 Å². The standard InChI is InChI=1S/C22H15N3O4/c26-20(15-8-2-1-3-9-15)16-10-4-5-11-17(16)22(28)29-14-25-21(27)18-12-6-7-13-19(18)23-24-25/h1-13H,14H2. The van der Waals surface area contributed by atoms with Gasteiger partial charge in [-0.3, -0.25) is 9.59 Å². The van der Waals surface area contributed by atoms with Gasteiger partial charge in [0.05, 0.1) is 10.9 Å². The van der Waals surface area contributed by atoms with E-state index in [1.165, 1.54) is 6.07 Å². The number of hydrogen-bond acceptors (Lipinski definition) is 6. The van der Waals surface area contributed by atoms with Gasteiger partial charge in [-0.1, -0.05) is 65.9 Å². The van der Waals surface area contributed by atoms with Crippen LogP contribution in [0.15, 0.2) is 83.7 Å². The average molecular weight is 385 g/mol. The van der Waals surface area contributed by atoms with Crippen molar-refractivity contribution in [2.24, 2.45) is 0 Å². The molecule has 0 fully saturated rings. The van der Waals surface area contributed by atoms with E-state index in [0.29, 0.717) is 16.5 Å². The second kappa shape index (κ2) is 7.85. The second-order valence-electron chi connectivity index (χ2n) is 6.21. The third-order valence-corrected chi connectivity index (χ3v) is 4.37. The van der Waals surface area contributed by atoms with E-state index in [1.54, 1.807) is 72.8 Å². The lowest BCUT2D eigenvalue weighted by Crippen LogP contribution is -2.27. The Hall–Kier alpha value is -4.13. The molecule has 1 aromatic heterocycles. The Labute approximate surface area is 165 Å². The Bertz CT molecular complexity index is 1270. The van der Waals surface area contributed by atoms with Crippen molar-refractivity contribution in [1.82, 2.24) is 15.0 Å². The number of ether oxygens (including phenoxy) is 1. The Morgan fingerprint density at radius 1 is 0.828 bits per heavy atom. The van der Waals surface area contributed by atoms with Gasteiger partial charge in [0, 0.05) is 11.1 Å². The minimum atomic E-state index is -0.730. The number of benzene rings is 3. The molecule has 4 rings (SSSR count). The molecule has 4 aromatic rings. The molecule has 3 aromatic carbocycles. The van der Waals surface area contributed by atoms with Crippen LogP contribution >= 0.6 is 0 Å². The Kier molecular flexibility index (Phi) is 4.94. The highest BCUT2D eigenvalue weighted by Gasteiger charge is 2.19. The molecule has 7 heteroatoms. The van der Waals surface area contributed by atoms with E-state index in [4.69, 9.17) is 4.74 Å². The van der Waals surface area contributed by atoms with E-state index < -0.39 is 18.3 Å². The van der Waals surface area contributed by atoms with E-state index in [0.717, 1.165) is 4.68 Å². The summed E-state index contributed by atoms with van der Waals surface area (Å²) >= 11 is 0. The van der Waals surface area contributed by atoms with Crippen molar-refractivity contribution in [2.45, 2.75) is 6.73 Å². The summed E-state index contributed by atoms with van der Waals surface area (Å²) in [5.41, 5.74) is 0.837. The van der Waals surface area contributed by atoms with Crippen LogP contribution in [-0.2, 0) is 11.5 Å². The van der Waals surface area contributed by atoms with Gasteiger partial charge in [0.1, 0.15) is 5.52 Å². The molecule has 0 atom stereocenters. The first-order chi connectivity index (χ1) is 14.1. The molecule has 0 aliphatic heterocycles. The summed E-state index contributed by atoms with van der Waals surface area (Å²) in [7, 11) is 0. The van der Waals surface area contributed by atoms with Gasteiger partial charge in [-0.25, -0.2) is 4.79 Å². The van der Waals surface area contributed by atoms with Crippen LogP contribution in [0.5, 0.6) is 0 Å². The number of esters is 1. The third kappa shape index (κ3) is 3.66. The van der Waals surface area contributed by atoms with Gasteiger partial charge >= 0.3 is 5.97 Å². The van der Waals surface area contributed by atoms with Crippen molar-refractivity contribution < 1.29 is 14.3 Å². The van der Waals surface area contributed by atoms with Crippen LogP contribution in [0.1, 0.15) is 26.3 Å². The Balaban J connectivity index is 1.58. The van der Waals surface area contributed by atoms with Crippen LogP contribution in [0.2, 0.25) is 0 Å². The highest BCUT2D eigenvalue weighted by Crippen LogP contribution is 2.16. The molecule has 0 aliphatic rings. The predicted molar refractivity (Wildman–Crippen MR) is 106 cm³/mol. The van der Waals surface area contributed by atoms with E-state index in [1.807, 2.05) is 0 Å². The maximum Gasteiger partial charge on any atom is 0.340 e. The van der Waals surface area contributed by atoms with Gasteiger partial charge in [-0.15, -0.1) is 5.10 Å². The fourth-order valence-corrected chi connectivity index (χ4v) is 2.91. The summed E-state index contributed by atoms with van der Waals surface area (Å²) in [6.45, 7) is -0.413. The fraction of sp³-hybridized carbons (Fsp3) is 0.0455. The Morgan fingerprint density at radius 3 is 2.28 bits per heavy atom. The first-order valence-corrected chi connectivity index (χ1v) is 8.83. The average Bonchev–Trinajstić information content (AvgIpc) is 2.78. The van der Waals surface area contributed by atoms with Crippen LogP contribution in [-0.4, -0.2) is 26.7 Å². The summed E-state index contributed by atoms with van der Waals surface area (Å²) in [5.74, 6) is -1.02. The molecule has 1 heterocycles. The van der Waals surface area contributed by atoms with Crippen LogP contribution in [0, 0.1) is 0 Å². The van der Waals surface area contributed by atoms with Crippen molar-refractivity contribution in [3.8, 4) is 0 Å². The van der Waals surface area contributed by atoms with Crippen molar-refractivity contribution >= 4 is 22.7 Å². The van der Waals surface area contributed by atoms with Crippen LogP contribution in [0.25, 0.3) is 10.9 Å². The van der Waals surface area contributed by atoms with Crippen LogP contribution in [0.4, 0.5) is 0 Å². The second-order valence-corrected chi connectivity index (χ2v) is 6.21. The van der Waals surface area contributed by atoms with Crippen LogP contribution in [0.3, 0.4) is 0 Å². The quantitative estimate of drug-likeness (QED) is 0.388. The zero-order valence-electron chi connectivity index (χ0n) is 15.2. The molecule has 0 aliphatic carbocycles. The van der Waals surface area contributed by atoms with E-state index in [-0.39, 0.29) is 16.9 Å². The van der Waals surface area contributed by atoms with Crippen molar-refractivity contribution in [1.29, 1.82) is 0 Å². The van der Waals surface area contributed by atoms with E-state index >= 15 is 0 Å². The van der Waals surface area contributed by atoms with Gasteiger partial charge < -0.3 is 4.74 Å². The smallest absolute Gasteiger partial charge is 0.340 e. The summed E-state index contributed by atoms with van der Waals surface area (Å²) < 4.78 is 6.20. The number of nitrogens with zero attached hydrogens (tertiary/aromatic N) is 3. The van der Waals surface area contributed by atoms with Crippen molar-refractivity contribution in [2.75, 3.05) is 0 Å². The Morgan fingerprint density at radius 2 is 1.48 bits per heavy atom. The number of aromatic nitrogens is 3. The summed E-state index contributed by atoms with van der Waals surface area (Å²) in [5, 5.41) is 8.11. The lowest BCUT2D eigenvalue weighted by molar-refractivity contribution is 0.0334. The number of rotatable bonds is 5. The number of fused-ring (bicyclic) bond motifs is 1. The largest absolute Gasteiger partial charge is 0.439 e. The molecule has 0 unspecified atom stereocenters. The SMILES string of the molecule is O=C(OCn1nnc2ccccc2c1=O)c1ccccc1C(=O)c1ccccc1. The van der Waals surface area contributed by atoms with Gasteiger partial charge in [0.2, 0.25) is 0 Å². The molecule has 7 nitrogen and oxygen atoms in total. The van der Waals surface area contributed by atoms with Gasteiger partial charge in [0.15, 0.2) is 12.5 Å². The third-order valence-electron chi connectivity index (χ3n) is 4.37. The van der Waals surface area contributed by atoms with Crippen molar-refractivity contribution in [3.63, 3.8) is 0 Å². The minimum absolute atomic E-state index is 0.114. The summed E-state index contributed by atoms with van der Waals surface area (Å²) in [4.78, 5) is 37.8. The number of hydrogen-bond donors (Lipinski definition) is 0. The molecular formula is C22H15N3O4. The molecule has 0 N–H and O–H groups in total. The monoisotopic (exact) mass is 385 g/mol. The topological polar surface area (TPSA) is 91.2 Å². The highest BCUT2D eigenvalue weighted by molar-refractivity contribution is 6.14. The fourth-order valence-electron chi connectivity index (χ4n) is 2.91. The maximum atomic E-state index is 12.8. The molecule has 29 heavy (non-hydrogen) atoms. The number of ketones is 1. The lowest BCUT2D eigenvalue weighted by Gasteiger charge is -2.10. The predicted octanol–water partition coefficient (Wildman–Crippen LogP) is 2.84. The molecule has 0 saturated carbocycles. The maximum absolute atomic E-state index is 12.8. The van der Waals surface area contributed by atoms with Gasteiger partial charge in [-0.05, 0) is 18.2 Å². The zero-order valence-corrected chi connectivity index (χ0v) is 15.2. The number of carbonyl (C=O) groups is 2. The van der Waals surface area contributed by atoms with Crippen LogP contribution < -0.4 is 5.56 Å².